The first-order valence-electron chi connectivity index (χ1n) is 6.61. The van der Waals surface area contributed by atoms with Crippen LogP contribution in [0.25, 0.3) is 11.1 Å². The molecule has 2 rings (SSSR count). The Labute approximate surface area is 122 Å². The van der Waals surface area contributed by atoms with Gasteiger partial charge in [-0.15, -0.1) is 0 Å². The van der Waals surface area contributed by atoms with Gasteiger partial charge in [-0.1, -0.05) is 25.1 Å². The molecule has 0 spiro atoms. The first-order valence-corrected chi connectivity index (χ1v) is 6.61. The SMILES string of the molecule is CCc1cc(B(O)O)ccc1-c1cc(C)[nH]c(=O)c1C#N. The molecule has 106 valence electrons. The Kier molecular flexibility index (Phi) is 4.27. The maximum atomic E-state index is 11.9. The zero-order valence-electron chi connectivity index (χ0n) is 11.8. The number of hydrogen-bond donors (Lipinski definition) is 3. The van der Waals surface area contributed by atoms with Crippen LogP contribution in [0.4, 0.5) is 0 Å². The van der Waals surface area contributed by atoms with E-state index >= 15 is 0 Å². The van der Waals surface area contributed by atoms with Crippen LogP contribution in [0.2, 0.25) is 0 Å². The molecule has 0 saturated carbocycles. The van der Waals surface area contributed by atoms with E-state index < -0.39 is 12.7 Å². The topological polar surface area (TPSA) is 97.1 Å². The van der Waals surface area contributed by atoms with E-state index in [0.29, 0.717) is 23.1 Å². The zero-order valence-corrected chi connectivity index (χ0v) is 11.8. The van der Waals surface area contributed by atoms with Gasteiger partial charge in [0.1, 0.15) is 11.6 Å². The van der Waals surface area contributed by atoms with Crippen LogP contribution in [0, 0.1) is 18.3 Å². The summed E-state index contributed by atoms with van der Waals surface area (Å²) < 4.78 is 0. The smallest absolute Gasteiger partial charge is 0.423 e. The van der Waals surface area contributed by atoms with Gasteiger partial charge in [-0.2, -0.15) is 5.26 Å². The van der Waals surface area contributed by atoms with E-state index in [9.17, 15) is 20.1 Å². The maximum absolute atomic E-state index is 11.9. The Hall–Kier alpha value is -2.36. The second-order valence-corrected chi connectivity index (χ2v) is 4.83. The quantitative estimate of drug-likeness (QED) is 0.712. The summed E-state index contributed by atoms with van der Waals surface area (Å²) in [6.07, 6.45) is 0.645. The van der Waals surface area contributed by atoms with Crippen molar-refractivity contribution in [2.45, 2.75) is 20.3 Å². The predicted molar refractivity (Wildman–Crippen MR) is 81.2 cm³/mol. The number of nitrogens with zero attached hydrogens (tertiary/aromatic N) is 1. The molecule has 0 aliphatic heterocycles. The predicted octanol–water partition coefficient (Wildman–Crippen LogP) is 0.464. The van der Waals surface area contributed by atoms with Crippen molar-refractivity contribution >= 4 is 12.6 Å². The molecular formula is C15H15BN2O3. The fraction of sp³-hybridized carbons (Fsp3) is 0.200. The Morgan fingerprint density at radius 1 is 1.29 bits per heavy atom. The lowest BCUT2D eigenvalue weighted by molar-refractivity contribution is 0.425. The second-order valence-electron chi connectivity index (χ2n) is 4.83. The van der Waals surface area contributed by atoms with Gasteiger partial charge < -0.3 is 15.0 Å². The van der Waals surface area contributed by atoms with Crippen LogP contribution in [0.1, 0.15) is 23.7 Å². The average molecular weight is 282 g/mol. The van der Waals surface area contributed by atoms with Gasteiger partial charge in [0.05, 0.1) is 0 Å². The second kappa shape index (κ2) is 5.96. The van der Waals surface area contributed by atoms with Crippen molar-refractivity contribution in [2.75, 3.05) is 0 Å². The minimum atomic E-state index is -1.54. The number of aromatic nitrogens is 1. The number of nitriles is 1. The van der Waals surface area contributed by atoms with Crippen LogP contribution in [0.3, 0.4) is 0 Å². The number of nitrogens with one attached hydrogen (secondary N) is 1. The van der Waals surface area contributed by atoms with Gasteiger partial charge in [-0.3, -0.25) is 4.79 Å². The highest BCUT2D eigenvalue weighted by molar-refractivity contribution is 6.58. The first-order chi connectivity index (χ1) is 9.97. The average Bonchev–Trinajstić information content (AvgIpc) is 2.45. The minimum absolute atomic E-state index is 0.0626. The molecule has 2 aromatic rings. The Bertz CT molecular complexity index is 775. The zero-order chi connectivity index (χ0) is 15.6. The summed E-state index contributed by atoms with van der Waals surface area (Å²) in [5.74, 6) is 0. The summed E-state index contributed by atoms with van der Waals surface area (Å²) in [7, 11) is -1.54. The largest absolute Gasteiger partial charge is 0.488 e. The Balaban J connectivity index is 2.73. The van der Waals surface area contributed by atoms with E-state index in [-0.39, 0.29) is 5.56 Å². The summed E-state index contributed by atoms with van der Waals surface area (Å²) in [6.45, 7) is 3.68. The molecule has 0 saturated heterocycles. The molecule has 0 bridgehead atoms. The summed E-state index contributed by atoms with van der Waals surface area (Å²) in [4.78, 5) is 14.5. The maximum Gasteiger partial charge on any atom is 0.488 e. The normalized spacial score (nSPS) is 10.2. The monoisotopic (exact) mass is 282 g/mol. The summed E-state index contributed by atoms with van der Waals surface area (Å²) >= 11 is 0. The van der Waals surface area contributed by atoms with Crippen molar-refractivity contribution in [2.24, 2.45) is 0 Å². The Morgan fingerprint density at radius 2 is 2.00 bits per heavy atom. The van der Waals surface area contributed by atoms with Crippen LogP contribution < -0.4 is 11.0 Å². The number of rotatable bonds is 3. The molecule has 3 N–H and O–H groups in total. The number of pyridine rings is 1. The van der Waals surface area contributed by atoms with Crippen molar-refractivity contribution in [1.29, 1.82) is 5.26 Å². The van der Waals surface area contributed by atoms with Gasteiger partial charge in [0.25, 0.3) is 5.56 Å². The lowest BCUT2D eigenvalue weighted by Crippen LogP contribution is -2.30. The number of benzene rings is 1. The van der Waals surface area contributed by atoms with Crippen LogP contribution in [-0.4, -0.2) is 22.2 Å². The van der Waals surface area contributed by atoms with Gasteiger partial charge in [0.15, 0.2) is 0 Å². The Morgan fingerprint density at radius 3 is 2.57 bits per heavy atom. The third-order valence-corrected chi connectivity index (χ3v) is 3.38. The molecule has 0 aliphatic rings. The number of hydrogen-bond acceptors (Lipinski definition) is 4. The fourth-order valence-electron chi connectivity index (χ4n) is 2.34. The van der Waals surface area contributed by atoms with Crippen molar-refractivity contribution in [1.82, 2.24) is 4.98 Å². The van der Waals surface area contributed by atoms with Crippen molar-refractivity contribution in [3.05, 3.63) is 51.4 Å². The number of aromatic amines is 1. The van der Waals surface area contributed by atoms with E-state index in [1.807, 2.05) is 13.0 Å². The highest BCUT2D eigenvalue weighted by Gasteiger charge is 2.16. The van der Waals surface area contributed by atoms with Gasteiger partial charge in [0, 0.05) is 11.3 Å². The van der Waals surface area contributed by atoms with E-state index in [1.54, 1.807) is 31.2 Å². The third-order valence-electron chi connectivity index (χ3n) is 3.38. The molecule has 0 amide bonds. The summed E-state index contributed by atoms with van der Waals surface area (Å²) in [5.41, 5.74) is 2.87. The molecule has 21 heavy (non-hydrogen) atoms. The van der Waals surface area contributed by atoms with E-state index in [4.69, 9.17) is 0 Å². The van der Waals surface area contributed by atoms with Gasteiger partial charge in [-0.25, -0.2) is 0 Å². The minimum Gasteiger partial charge on any atom is -0.423 e. The van der Waals surface area contributed by atoms with Crippen molar-refractivity contribution < 1.29 is 10.0 Å². The highest BCUT2D eigenvalue weighted by atomic mass is 16.4. The van der Waals surface area contributed by atoms with Crippen molar-refractivity contribution in [3.63, 3.8) is 0 Å². The molecule has 0 radical (unpaired) electrons. The lowest BCUT2D eigenvalue weighted by atomic mass is 9.78. The lowest BCUT2D eigenvalue weighted by Gasteiger charge is -2.12. The van der Waals surface area contributed by atoms with Crippen LogP contribution in [0.5, 0.6) is 0 Å². The number of H-pyrrole nitrogens is 1. The molecule has 5 nitrogen and oxygen atoms in total. The third kappa shape index (κ3) is 2.89. The molecule has 0 atom stereocenters. The van der Waals surface area contributed by atoms with E-state index in [2.05, 4.69) is 4.98 Å². The molecule has 1 aromatic carbocycles. The van der Waals surface area contributed by atoms with Gasteiger partial charge >= 0.3 is 7.12 Å². The number of aryl methyl sites for hydroxylation is 2. The van der Waals surface area contributed by atoms with Crippen LogP contribution >= 0.6 is 0 Å². The molecule has 1 aromatic heterocycles. The van der Waals surface area contributed by atoms with Gasteiger partial charge in [0.2, 0.25) is 0 Å². The molecule has 6 heteroatoms. The molecule has 1 heterocycles. The molecule has 0 aliphatic carbocycles. The standard InChI is InChI=1S/C15H15BN2O3/c1-3-10-7-11(16(20)21)4-5-12(10)13-6-9(2)18-15(19)14(13)8-17/h4-7,20-21H,3H2,1-2H3,(H,18,19). The van der Waals surface area contributed by atoms with Crippen LogP contribution in [0.15, 0.2) is 29.1 Å². The highest BCUT2D eigenvalue weighted by Crippen LogP contribution is 2.25. The first kappa shape index (κ1) is 15.0. The fourth-order valence-corrected chi connectivity index (χ4v) is 2.34. The molecular weight excluding hydrogens is 267 g/mol. The summed E-state index contributed by atoms with van der Waals surface area (Å²) in [5, 5.41) is 27.7. The van der Waals surface area contributed by atoms with Gasteiger partial charge in [-0.05, 0) is 36.0 Å². The van der Waals surface area contributed by atoms with E-state index in [0.717, 1.165) is 11.1 Å². The molecule has 0 unspecified atom stereocenters. The summed E-state index contributed by atoms with van der Waals surface area (Å²) in [6, 6.07) is 8.66. The van der Waals surface area contributed by atoms with Crippen LogP contribution in [-0.2, 0) is 6.42 Å². The van der Waals surface area contributed by atoms with Crippen molar-refractivity contribution in [3.8, 4) is 17.2 Å². The van der Waals surface area contributed by atoms with E-state index in [1.165, 1.54) is 0 Å². The molecule has 0 fully saturated rings.